The highest BCUT2D eigenvalue weighted by Gasteiger charge is 1.99. The minimum Gasteiger partial charge on any atom is -0.484 e. The Balaban J connectivity index is 2.06. The minimum atomic E-state index is -0.242. The van der Waals surface area contributed by atoms with Gasteiger partial charge in [0.25, 0.3) is 5.91 Å². The Kier molecular flexibility index (Phi) is 8.10. The fourth-order valence-corrected chi connectivity index (χ4v) is 1.54. The van der Waals surface area contributed by atoms with E-state index >= 15 is 0 Å². The molecule has 1 aromatic rings. The lowest BCUT2D eigenvalue weighted by atomic mass is 10.2. The van der Waals surface area contributed by atoms with Gasteiger partial charge < -0.3 is 4.74 Å². The molecule has 0 bridgehead atoms. The van der Waals surface area contributed by atoms with E-state index in [0.29, 0.717) is 5.75 Å². The summed E-state index contributed by atoms with van der Waals surface area (Å²) in [5.41, 5.74) is 2.45. The van der Waals surface area contributed by atoms with Crippen molar-refractivity contribution in [2.24, 2.45) is 5.10 Å². The van der Waals surface area contributed by atoms with Crippen LogP contribution in [-0.4, -0.2) is 18.7 Å². The van der Waals surface area contributed by atoms with E-state index in [1.54, 1.807) is 6.21 Å². The predicted octanol–water partition coefficient (Wildman–Crippen LogP) is 3.14. The van der Waals surface area contributed by atoms with Crippen LogP contribution in [0.5, 0.6) is 5.75 Å². The van der Waals surface area contributed by atoms with Gasteiger partial charge in [0.2, 0.25) is 0 Å². The number of amides is 1. The smallest absolute Gasteiger partial charge is 0.277 e. The highest BCUT2D eigenvalue weighted by Crippen LogP contribution is 2.07. The highest BCUT2D eigenvalue weighted by atomic mass is 16.5. The quantitative estimate of drug-likeness (QED) is 0.422. The van der Waals surface area contributed by atoms with E-state index in [4.69, 9.17) is 4.74 Å². The lowest BCUT2D eigenvalue weighted by Crippen LogP contribution is -2.24. The Bertz CT molecular complexity index is 377. The molecule has 19 heavy (non-hydrogen) atoms. The Labute approximate surface area is 114 Å². The van der Waals surface area contributed by atoms with Crippen molar-refractivity contribution in [1.82, 2.24) is 5.43 Å². The molecule has 0 aliphatic heterocycles. The first kappa shape index (κ1) is 15.2. The van der Waals surface area contributed by atoms with Crippen molar-refractivity contribution in [3.8, 4) is 5.75 Å². The third-order valence-corrected chi connectivity index (χ3v) is 2.58. The molecule has 0 aliphatic carbocycles. The summed E-state index contributed by atoms with van der Waals surface area (Å²) in [6, 6.07) is 9.24. The maximum Gasteiger partial charge on any atom is 0.277 e. The minimum absolute atomic E-state index is 0.0167. The van der Waals surface area contributed by atoms with Crippen LogP contribution in [0.25, 0.3) is 0 Å². The summed E-state index contributed by atoms with van der Waals surface area (Å²) in [5.74, 6) is 0.440. The number of hydrogen-bond acceptors (Lipinski definition) is 3. The zero-order valence-electron chi connectivity index (χ0n) is 11.5. The van der Waals surface area contributed by atoms with Crippen LogP contribution in [0.2, 0.25) is 0 Å². The zero-order chi connectivity index (χ0) is 13.8. The zero-order valence-corrected chi connectivity index (χ0v) is 11.5. The summed E-state index contributed by atoms with van der Waals surface area (Å²) in [6.07, 6.45) is 7.47. The molecule has 0 radical (unpaired) electrons. The number of rotatable bonds is 9. The number of nitrogens with one attached hydrogen (secondary N) is 1. The summed E-state index contributed by atoms with van der Waals surface area (Å²) < 4.78 is 5.29. The molecule has 1 aromatic carbocycles. The van der Waals surface area contributed by atoms with E-state index in [1.165, 1.54) is 19.3 Å². The summed E-state index contributed by atoms with van der Waals surface area (Å²) in [6.45, 7) is 2.16. The molecule has 0 aromatic heterocycles. The maximum atomic E-state index is 11.4. The van der Waals surface area contributed by atoms with Crippen molar-refractivity contribution in [2.75, 3.05) is 6.61 Å². The fourth-order valence-electron chi connectivity index (χ4n) is 1.54. The predicted molar refractivity (Wildman–Crippen MR) is 77.3 cm³/mol. The average molecular weight is 262 g/mol. The van der Waals surface area contributed by atoms with Crippen molar-refractivity contribution in [3.63, 3.8) is 0 Å². The molecule has 4 heteroatoms. The van der Waals surface area contributed by atoms with Crippen molar-refractivity contribution in [2.45, 2.75) is 39.0 Å². The largest absolute Gasteiger partial charge is 0.484 e. The first-order chi connectivity index (χ1) is 9.33. The fraction of sp³-hybridized carbons (Fsp3) is 0.467. The molecule has 1 rings (SSSR count). The monoisotopic (exact) mass is 262 g/mol. The second-order valence-electron chi connectivity index (χ2n) is 4.30. The molecule has 1 amide bonds. The average Bonchev–Trinajstić information content (AvgIpc) is 2.45. The summed E-state index contributed by atoms with van der Waals surface area (Å²) in [5, 5.41) is 3.88. The standard InChI is InChI=1S/C15H22N2O2/c1-2-3-4-5-9-12-16-17-15(18)13-19-14-10-7-6-8-11-14/h6-8,10-12H,2-5,9,13H2,1H3,(H,17,18)/b16-12+. The number of ether oxygens (including phenoxy) is 1. The lowest BCUT2D eigenvalue weighted by Gasteiger charge is -2.03. The molecule has 0 aliphatic rings. The Hall–Kier alpha value is -1.84. The second kappa shape index (κ2) is 10.1. The van der Waals surface area contributed by atoms with Gasteiger partial charge in [0.15, 0.2) is 6.61 Å². The topological polar surface area (TPSA) is 50.7 Å². The SMILES string of the molecule is CCCCCC/C=N/NC(=O)COc1ccccc1. The Morgan fingerprint density at radius 3 is 2.79 bits per heavy atom. The van der Waals surface area contributed by atoms with E-state index in [9.17, 15) is 4.79 Å². The van der Waals surface area contributed by atoms with Gasteiger partial charge in [-0.25, -0.2) is 5.43 Å². The number of para-hydroxylation sites is 1. The normalized spacial score (nSPS) is 10.6. The molecular weight excluding hydrogens is 240 g/mol. The number of carbonyl (C=O) groups excluding carboxylic acids is 1. The first-order valence-electron chi connectivity index (χ1n) is 6.81. The van der Waals surface area contributed by atoms with Crippen LogP contribution in [0.3, 0.4) is 0 Å². The molecule has 0 saturated heterocycles. The van der Waals surface area contributed by atoms with Gasteiger partial charge in [-0.3, -0.25) is 4.79 Å². The Morgan fingerprint density at radius 2 is 2.05 bits per heavy atom. The number of carbonyl (C=O) groups is 1. The van der Waals surface area contributed by atoms with Crippen LogP contribution < -0.4 is 10.2 Å². The summed E-state index contributed by atoms with van der Waals surface area (Å²) in [7, 11) is 0. The number of hydrogen-bond donors (Lipinski definition) is 1. The van der Waals surface area contributed by atoms with Gasteiger partial charge in [-0.2, -0.15) is 5.10 Å². The maximum absolute atomic E-state index is 11.4. The van der Waals surface area contributed by atoms with Gasteiger partial charge in [-0.1, -0.05) is 44.4 Å². The highest BCUT2D eigenvalue weighted by molar-refractivity contribution is 5.78. The van der Waals surface area contributed by atoms with Crippen LogP contribution in [0.1, 0.15) is 39.0 Å². The summed E-state index contributed by atoms with van der Waals surface area (Å²) >= 11 is 0. The molecule has 104 valence electrons. The molecular formula is C15H22N2O2. The third kappa shape index (κ3) is 7.97. The summed E-state index contributed by atoms with van der Waals surface area (Å²) in [4.78, 5) is 11.4. The molecule has 0 fully saturated rings. The first-order valence-corrected chi connectivity index (χ1v) is 6.81. The van der Waals surface area contributed by atoms with Crippen LogP contribution in [0.4, 0.5) is 0 Å². The van der Waals surface area contributed by atoms with E-state index < -0.39 is 0 Å². The molecule has 4 nitrogen and oxygen atoms in total. The third-order valence-electron chi connectivity index (χ3n) is 2.58. The second-order valence-corrected chi connectivity index (χ2v) is 4.30. The van der Waals surface area contributed by atoms with Crippen molar-refractivity contribution >= 4 is 12.1 Å². The van der Waals surface area contributed by atoms with E-state index in [1.807, 2.05) is 30.3 Å². The molecule has 1 N–H and O–H groups in total. The van der Waals surface area contributed by atoms with Crippen molar-refractivity contribution in [3.05, 3.63) is 30.3 Å². The van der Waals surface area contributed by atoms with Crippen LogP contribution in [0.15, 0.2) is 35.4 Å². The van der Waals surface area contributed by atoms with E-state index in [2.05, 4.69) is 17.5 Å². The molecule has 0 unspecified atom stereocenters. The van der Waals surface area contributed by atoms with Gasteiger partial charge in [0.05, 0.1) is 0 Å². The van der Waals surface area contributed by atoms with E-state index in [0.717, 1.165) is 12.8 Å². The number of hydrazone groups is 1. The van der Waals surface area contributed by atoms with Crippen LogP contribution >= 0.6 is 0 Å². The van der Waals surface area contributed by atoms with E-state index in [-0.39, 0.29) is 12.5 Å². The van der Waals surface area contributed by atoms with Gasteiger partial charge in [0, 0.05) is 6.21 Å². The molecule has 0 spiro atoms. The number of benzene rings is 1. The lowest BCUT2D eigenvalue weighted by molar-refractivity contribution is -0.123. The molecule has 0 saturated carbocycles. The molecule has 0 heterocycles. The van der Waals surface area contributed by atoms with Crippen LogP contribution in [0, 0.1) is 0 Å². The molecule has 0 atom stereocenters. The van der Waals surface area contributed by atoms with Gasteiger partial charge >= 0.3 is 0 Å². The van der Waals surface area contributed by atoms with Gasteiger partial charge in [-0.15, -0.1) is 0 Å². The van der Waals surface area contributed by atoms with Crippen molar-refractivity contribution in [1.29, 1.82) is 0 Å². The number of nitrogens with zero attached hydrogens (tertiary/aromatic N) is 1. The van der Waals surface area contributed by atoms with Gasteiger partial charge in [0.1, 0.15) is 5.75 Å². The Morgan fingerprint density at radius 1 is 1.26 bits per heavy atom. The van der Waals surface area contributed by atoms with Crippen LogP contribution in [-0.2, 0) is 4.79 Å². The van der Waals surface area contributed by atoms with Crippen molar-refractivity contribution < 1.29 is 9.53 Å². The van der Waals surface area contributed by atoms with Gasteiger partial charge in [-0.05, 0) is 25.0 Å². The number of unbranched alkanes of at least 4 members (excludes halogenated alkanes) is 4.